The maximum atomic E-state index is 12.3. The normalized spacial score (nSPS) is 11.2. The molecule has 0 saturated heterocycles. The molecule has 0 aromatic heterocycles. The van der Waals surface area contributed by atoms with Crippen LogP contribution in [0.15, 0.2) is 0 Å². The molecule has 9 heteroatoms. The van der Waals surface area contributed by atoms with Crippen molar-refractivity contribution >= 4 is 23.8 Å². The average molecular weight is 330 g/mol. The van der Waals surface area contributed by atoms with Crippen molar-refractivity contribution in [2.24, 2.45) is 0 Å². The van der Waals surface area contributed by atoms with Crippen LogP contribution < -0.4 is 5.32 Å². The van der Waals surface area contributed by atoms with Gasteiger partial charge in [0.2, 0.25) is 0 Å². The predicted octanol–water partition coefficient (Wildman–Crippen LogP) is 2.57. The van der Waals surface area contributed by atoms with Crippen molar-refractivity contribution in [3.63, 3.8) is 0 Å². The van der Waals surface area contributed by atoms with Crippen LogP contribution in [0.5, 0.6) is 0 Å². The van der Waals surface area contributed by atoms with Crippen molar-refractivity contribution in [2.75, 3.05) is 31.6 Å². The Morgan fingerprint density at radius 2 is 1.81 bits per heavy atom. The number of hydrogen-bond acceptors (Lipinski definition) is 3. The fourth-order valence-electron chi connectivity index (χ4n) is 1.61. The summed E-state index contributed by atoms with van der Waals surface area (Å²) in [6.07, 6.45) is 0.987. The molecule has 0 aliphatic carbocycles. The Hall–Kier alpha value is -1.12. The molecule has 21 heavy (non-hydrogen) atoms. The van der Waals surface area contributed by atoms with E-state index in [1.165, 1.54) is 0 Å². The smallest absolute Gasteiger partial charge is 0.406 e. The molecule has 0 unspecified atom stereocenters. The Bertz CT molecular complexity index is 327. The highest BCUT2D eigenvalue weighted by molar-refractivity contribution is 7.98. The van der Waals surface area contributed by atoms with E-state index < -0.39 is 31.3 Å². The molecular weight excluding hydrogens is 309 g/mol. The molecule has 0 fully saturated rings. The number of urea groups is 1. The third-order valence-electron chi connectivity index (χ3n) is 2.53. The number of thioether (sulfide) groups is 1. The fraction of sp³-hybridized carbons (Fsp3) is 0.833. The van der Waals surface area contributed by atoms with Crippen LogP contribution in [-0.2, 0) is 4.79 Å². The number of unbranched alkanes of at least 4 members (excludes halogenated alkanes) is 3. The number of carbonyl (C=O) groups is 2. The minimum absolute atomic E-state index is 0.242. The molecule has 2 N–H and O–H groups in total. The van der Waals surface area contributed by atoms with E-state index in [2.05, 4.69) is 5.32 Å². The first-order valence-corrected chi connectivity index (χ1v) is 7.96. The maximum absolute atomic E-state index is 12.3. The number of carboxylic acids is 1. The Balaban J connectivity index is 4.02. The molecule has 0 aliphatic heterocycles. The topological polar surface area (TPSA) is 69.6 Å². The third-order valence-corrected chi connectivity index (χ3v) is 3.23. The SMILES string of the molecule is CSCCCCCCNC(=O)N(CC(=O)O)CC(F)(F)F. The number of nitrogens with one attached hydrogen (secondary N) is 1. The van der Waals surface area contributed by atoms with Crippen LogP contribution in [0.3, 0.4) is 0 Å². The zero-order valence-electron chi connectivity index (χ0n) is 11.9. The van der Waals surface area contributed by atoms with E-state index in [1.54, 1.807) is 11.8 Å². The predicted molar refractivity (Wildman–Crippen MR) is 75.5 cm³/mol. The average Bonchev–Trinajstić information content (AvgIpc) is 2.34. The number of aliphatic carboxylic acids is 1. The second kappa shape index (κ2) is 10.6. The van der Waals surface area contributed by atoms with Gasteiger partial charge in [0, 0.05) is 6.54 Å². The van der Waals surface area contributed by atoms with Gasteiger partial charge >= 0.3 is 18.2 Å². The van der Waals surface area contributed by atoms with Gasteiger partial charge in [-0.15, -0.1) is 0 Å². The van der Waals surface area contributed by atoms with E-state index in [9.17, 15) is 22.8 Å². The quantitative estimate of drug-likeness (QED) is 0.604. The zero-order valence-corrected chi connectivity index (χ0v) is 12.7. The first-order valence-electron chi connectivity index (χ1n) is 6.56. The van der Waals surface area contributed by atoms with Gasteiger partial charge in [-0.3, -0.25) is 4.79 Å². The van der Waals surface area contributed by atoms with Crippen LogP contribution in [0.1, 0.15) is 25.7 Å². The highest BCUT2D eigenvalue weighted by Crippen LogP contribution is 2.16. The molecule has 0 aromatic carbocycles. The Morgan fingerprint density at radius 3 is 2.33 bits per heavy atom. The highest BCUT2D eigenvalue weighted by Gasteiger charge is 2.33. The van der Waals surface area contributed by atoms with E-state index in [1.807, 2.05) is 6.26 Å². The Labute approximate surface area is 126 Å². The van der Waals surface area contributed by atoms with Crippen molar-refractivity contribution in [1.29, 1.82) is 0 Å². The van der Waals surface area contributed by atoms with Crippen LogP contribution >= 0.6 is 11.8 Å². The van der Waals surface area contributed by atoms with Crippen LogP contribution in [0.25, 0.3) is 0 Å². The van der Waals surface area contributed by atoms with Gasteiger partial charge in [-0.1, -0.05) is 12.8 Å². The van der Waals surface area contributed by atoms with Crippen molar-refractivity contribution < 1.29 is 27.9 Å². The van der Waals surface area contributed by atoms with Gasteiger partial charge in [0.25, 0.3) is 0 Å². The van der Waals surface area contributed by atoms with E-state index in [0.717, 1.165) is 25.0 Å². The number of carbonyl (C=O) groups excluding carboxylic acids is 1. The lowest BCUT2D eigenvalue weighted by atomic mass is 10.2. The summed E-state index contributed by atoms with van der Waals surface area (Å²) in [5.74, 6) is -0.420. The first-order chi connectivity index (χ1) is 9.76. The van der Waals surface area contributed by atoms with Crippen molar-refractivity contribution in [3.05, 3.63) is 0 Å². The van der Waals surface area contributed by atoms with Crippen LogP contribution in [0.4, 0.5) is 18.0 Å². The molecule has 0 radical (unpaired) electrons. The first kappa shape index (κ1) is 19.9. The number of carboxylic acid groups (broad SMARTS) is 1. The van der Waals surface area contributed by atoms with Crippen LogP contribution in [-0.4, -0.2) is 59.8 Å². The summed E-state index contributed by atoms with van der Waals surface area (Å²) in [5, 5.41) is 10.9. The van der Waals surface area contributed by atoms with Gasteiger partial charge in [-0.2, -0.15) is 24.9 Å². The fourth-order valence-corrected chi connectivity index (χ4v) is 2.10. The van der Waals surface area contributed by atoms with Gasteiger partial charge in [-0.25, -0.2) is 4.79 Å². The summed E-state index contributed by atoms with van der Waals surface area (Å²) in [6.45, 7) is -2.30. The number of rotatable bonds is 10. The van der Waals surface area contributed by atoms with E-state index in [-0.39, 0.29) is 11.4 Å². The summed E-state index contributed by atoms with van der Waals surface area (Å²) in [4.78, 5) is 22.3. The van der Waals surface area contributed by atoms with Crippen LogP contribution in [0, 0.1) is 0 Å². The standard InChI is InChI=1S/C12H21F3N2O3S/c1-21-7-5-3-2-4-6-16-11(20)17(8-10(18)19)9-12(13,14)15/h2-9H2,1H3,(H,16,20)(H,18,19). The second-order valence-electron chi connectivity index (χ2n) is 4.50. The zero-order chi connectivity index (χ0) is 16.3. The molecule has 0 rings (SSSR count). The van der Waals surface area contributed by atoms with Crippen LogP contribution in [0.2, 0.25) is 0 Å². The van der Waals surface area contributed by atoms with Crippen molar-refractivity contribution in [3.8, 4) is 0 Å². The summed E-state index contributed by atoms with van der Waals surface area (Å²) in [7, 11) is 0. The molecule has 0 heterocycles. The van der Waals surface area contributed by atoms with E-state index in [0.29, 0.717) is 6.42 Å². The number of hydrogen-bond donors (Lipinski definition) is 2. The maximum Gasteiger partial charge on any atom is 0.406 e. The molecular formula is C12H21F3N2O3S. The summed E-state index contributed by atoms with van der Waals surface area (Å²) in [5.41, 5.74) is 0. The lowest BCUT2D eigenvalue weighted by Crippen LogP contribution is -2.47. The summed E-state index contributed by atoms with van der Waals surface area (Å²) in [6, 6.07) is -1.00. The number of halogens is 3. The highest BCUT2D eigenvalue weighted by atomic mass is 32.2. The molecule has 2 amide bonds. The largest absolute Gasteiger partial charge is 0.480 e. The molecule has 0 aliphatic rings. The second-order valence-corrected chi connectivity index (χ2v) is 5.49. The number of alkyl halides is 3. The van der Waals surface area contributed by atoms with Gasteiger partial charge in [0.05, 0.1) is 0 Å². The minimum atomic E-state index is -4.62. The molecule has 0 spiro atoms. The minimum Gasteiger partial charge on any atom is -0.480 e. The van der Waals surface area contributed by atoms with Crippen molar-refractivity contribution in [2.45, 2.75) is 31.9 Å². The molecule has 0 bridgehead atoms. The molecule has 0 saturated carbocycles. The summed E-state index contributed by atoms with van der Waals surface area (Å²) >= 11 is 1.75. The molecule has 0 aromatic rings. The number of amides is 2. The summed E-state index contributed by atoms with van der Waals surface area (Å²) < 4.78 is 36.8. The third kappa shape index (κ3) is 12.3. The lowest BCUT2D eigenvalue weighted by Gasteiger charge is -2.22. The van der Waals surface area contributed by atoms with Crippen molar-refractivity contribution in [1.82, 2.24) is 10.2 Å². The van der Waals surface area contributed by atoms with E-state index in [4.69, 9.17) is 5.11 Å². The Kier molecular flexibility index (Phi) is 10.0. The van der Waals surface area contributed by atoms with Gasteiger partial charge in [-0.05, 0) is 24.9 Å². The van der Waals surface area contributed by atoms with Gasteiger partial charge in [0.1, 0.15) is 13.1 Å². The Morgan fingerprint density at radius 1 is 1.19 bits per heavy atom. The van der Waals surface area contributed by atoms with Gasteiger partial charge < -0.3 is 15.3 Å². The lowest BCUT2D eigenvalue weighted by molar-refractivity contribution is -0.148. The van der Waals surface area contributed by atoms with Gasteiger partial charge in [0.15, 0.2) is 0 Å². The molecule has 5 nitrogen and oxygen atoms in total. The number of nitrogens with zero attached hydrogens (tertiary/aromatic N) is 1. The van der Waals surface area contributed by atoms with E-state index >= 15 is 0 Å². The monoisotopic (exact) mass is 330 g/mol. The molecule has 124 valence electrons. The molecule has 0 atom stereocenters.